The number of alkyl halides is 1. The fourth-order valence-corrected chi connectivity index (χ4v) is 4.51. The van der Waals surface area contributed by atoms with Gasteiger partial charge in [0.1, 0.15) is 12.2 Å². The van der Waals surface area contributed by atoms with Gasteiger partial charge in [0.25, 0.3) is 5.91 Å². The quantitative estimate of drug-likeness (QED) is 0.362. The third-order valence-corrected chi connectivity index (χ3v) is 6.89. The zero-order chi connectivity index (χ0) is 27.0. The van der Waals surface area contributed by atoms with Gasteiger partial charge in [-0.15, -0.1) is 0 Å². The topological polar surface area (TPSA) is 149 Å². The molecule has 11 heteroatoms. The van der Waals surface area contributed by atoms with E-state index in [1.165, 1.54) is 30.9 Å². The van der Waals surface area contributed by atoms with E-state index in [1.807, 2.05) is 0 Å². The summed E-state index contributed by atoms with van der Waals surface area (Å²) in [6, 6.07) is 5.42. The largest absolute Gasteiger partial charge is 0.390 e. The Morgan fingerprint density at radius 1 is 1.22 bits per heavy atom. The van der Waals surface area contributed by atoms with E-state index < -0.39 is 23.3 Å². The Hall–Kier alpha value is -3.62. The summed E-state index contributed by atoms with van der Waals surface area (Å²) < 4.78 is 15.8. The van der Waals surface area contributed by atoms with E-state index in [2.05, 4.69) is 31.8 Å². The van der Waals surface area contributed by atoms with Crippen LogP contribution in [0.5, 0.6) is 0 Å². The van der Waals surface area contributed by atoms with Gasteiger partial charge in [0, 0.05) is 29.9 Å². The lowest BCUT2D eigenvalue weighted by Gasteiger charge is -2.26. The molecule has 4 N–H and O–H groups in total. The van der Waals surface area contributed by atoms with E-state index in [4.69, 9.17) is 5.26 Å². The van der Waals surface area contributed by atoms with E-state index in [0.717, 1.165) is 19.3 Å². The zero-order valence-corrected chi connectivity index (χ0v) is 21.4. The van der Waals surface area contributed by atoms with E-state index in [-0.39, 0.29) is 24.1 Å². The van der Waals surface area contributed by atoms with Gasteiger partial charge in [-0.2, -0.15) is 15.0 Å². The van der Waals surface area contributed by atoms with Crippen molar-refractivity contribution in [3.05, 3.63) is 41.9 Å². The number of halogens is 1. The molecule has 1 amide bonds. The fraction of sp³-hybridized carbons (Fsp3) is 0.500. The molecule has 3 aromatic heterocycles. The zero-order valence-electron chi connectivity index (χ0n) is 21.4. The molecule has 0 aliphatic heterocycles. The van der Waals surface area contributed by atoms with Crippen molar-refractivity contribution in [3.8, 4) is 11.9 Å². The van der Waals surface area contributed by atoms with Crippen molar-refractivity contribution in [2.75, 3.05) is 11.9 Å². The molecule has 0 radical (unpaired) electrons. The number of aliphatic hydroxyl groups is 2. The number of hydrogen-bond donors (Lipinski definition) is 4. The Labute approximate surface area is 214 Å². The van der Waals surface area contributed by atoms with Gasteiger partial charge >= 0.3 is 0 Å². The molecule has 0 bridgehead atoms. The first kappa shape index (κ1) is 26.4. The van der Waals surface area contributed by atoms with Gasteiger partial charge in [-0.3, -0.25) is 4.79 Å². The highest BCUT2D eigenvalue weighted by molar-refractivity contribution is 5.99. The van der Waals surface area contributed by atoms with Crippen molar-refractivity contribution >= 4 is 22.6 Å². The van der Waals surface area contributed by atoms with Crippen LogP contribution in [0.2, 0.25) is 0 Å². The van der Waals surface area contributed by atoms with Crippen molar-refractivity contribution in [1.29, 1.82) is 5.26 Å². The number of anilines is 1. The van der Waals surface area contributed by atoms with Crippen LogP contribution in [0.25, 0.3) is 16.9 Å². The first-order chi connectivity index (χ1) is 17.4. The van der Waals surface area contributed by atoms with Crippen molar-refractivity contribution in [1.82, 2.24) is 25.1 Å². The van der Waals surface area contributed by atoms with Crippen LogP contribution in [-0.4, -0.2) is 65.8 Å². The molecule has 1 fully saturated rings. The molecule has 3 atom stereocenters. The van der Waals surface area contributed by atoms with Crippen molar-refractivity contribution in [2.45, 2.75) is 70.4 Å². The number of hydrogen-bond acceptors (Lipinski definition) is 8. The molecule has 37 heavy (non-hydrogen) atoms. The number of fused-ring (bicyclic) bond motifs is 1. The molecular weight excluding hydrogens is 477 g/mol. The first-order valence-corrected chi connectivity index (χ1v) is 12.2. The summed E-state index contributed by atoms with van der Waals surface area (Å²) >= 11 is 0. The van der Waals surface area contributed by atoms with Crippen LogP contribution in [0.4, 0.5) is 10.1 Å². The number of nitriles is 1. The second kappa shape index (κ2) is 10.0. The van der Waals surface area contributed by atoms with Gasteiger partial charge in [0.05, 0.1) is 40.8 Å². The van der Waals surface area contributed by atoms with Crippen LogP contribution < -0.4 is 10.6 Å². The molecule has 10 nitrogen and oxygen atoms in total. The van der Waals surface area contributed by atoms with Gasteiger partial charge in [0.15, 0.2) is 11.5 Å². The molecule has 4 rings (SSSR count). The highest BCUT2D eigenvalue weighted by Gasteiger charge is 2.35. The van der Waals surface area contributed by atoms with Gasteiger partial charge in [-0.05, 0) is 58.9 Å². The maximum atomic E-state index is 14.3. The molecule has 0 spiro atoms. The maximum Gasteiger partial charge on any atom is 0.255 e. The van der Waals surface area contributed by atoms with Crippen molar-refractivity contribution in [2.24, 2.45) is 5.92 Å². The minimum Gasteiger partial charge on any atom is -0.390 e. The number of carbonyl (C=O) groups excluding carboxylic acids is 1. The standard InChI is InChI=1S/C26H32FN7O3/c1-25(2,36)17-5-6-18(8-17)33-20-9-22(34-23-16(12-32-34)7-15(10-28)11-30-23)29-13-19(20)24(35)31-14-21(27)26(3,4)37/h7,9,11-13,17-18,21,36-37H,5-6,8,14H2,1-4H3,(H,29,33)(H,31,35). The Kier molecular flexibility index (Phi) is 7.17. The number of amides is 1. The van der Waals surface area contributed by atoms with Crippen LogP contribution in [0.1, 0.15) is 62.9 Å². The van der Waals surface area contributed by atoms with E-state index in [1.54, 1.807) is 32.2 Å². The van der Waals surface area contributed by atoms with Gasteiger partial charge in [-0.1, -0.05) is 0 Å². The minimum absolute atomic E-state index is 0.00852. The second-order valence-electron chi connectivity index (χ2n) is 10.7. The molecule has 3 aromatic rings. The number of nitrogens with zero attached hydrogens (tertiary/aromatic N) is 5. The fourth-order valence-electron chi connectivity index (χ4n) is 4.51. The highest BCUT2D eigenvalue weighted by atomic mass is 19.1. The first-order valence-electron chi connectivity index (χ1n) is 12.2. The van der Waals surface area contributed by atoms with Gasteiger partial charge in [0.2, 0.25) is 0 Å². The summed E-state index contributed by atoms with van der Waals surface area (Å²) in [5, 5.41) is 40.4. The molecule has 196 valence electrons. The summed E-state index contributed by atoms with van der Waals surface area (Å²) in [7, 11) is 0. The number of carbonyl (C=O) groups is 1. The average Bonchev–Trinajstić information content (AvgIpc) is 3.48. The smallest absolute Gasteiger partial charge is 0.255 e. The number of rotatable bonds is 8. The van der Waals surface area contributed by atoms with E-state index in [9.17, 15) is 19.4 Å². The summed E-state index contributed by atoms with van der Waals surface area (Å²) in [6.07, 6.45) is 5.14. The Morgan fingerprint density at radius 3 is 2.62 bits per heavy atom. The van der Waals surface area contributed by atoms with E-state index in [0.29, 0.717) is 28.1 Å². The predicted molar refractivity (Wildman–Crippen MR) is 136 cm³/mol. The monoisotopic (exact) mass is 509 g/mol. The Morgan fingerprint density at radius 2 is 1.97 bits per heavy atom. The third-order valence-electron chi connectivity index (χ3n) is 6.89. The van der Waals surface area contributed by atoms with Crippen LogP contribution >= 0.6 is 0 Å². The van der Waals surface area contributed by atoms with Crippen LogP contribution in [-0.2, 0) is 0 Å². The van der Waals surface area contributed by atoms with Gasteiger partial charge < -0.3 is 20.8 Å². The lowest BCUT2D eigenvalue weighted by atomic mass is 9.89. The lowest BCUT2D eigenvalue weighted by Crippen LogP contribution is -2.42. The maximum absolute atomic E-state index is 14.3. The molecule has 0 aromatic carbocycles. The SMILES string of the molecule is CC(C)(O)C(F)CNC(=O)c1cnc(-n2ncc3cc(C#N)cnc32)cc1NC1CCC(C(C)(C)O)C1. The third kappa shape index (κ3) is 5.87. The molecular formula is C26H32FN7O3. The molecule has 1 aliphatic rings. The molecule has 3 unspecified atom stereocenters. The lowest BCUT2D eigenvalue weighted by molar-refractivity contribution is -0.00178. The Bertz CT molecular complexity index is 1340. The average molecular weight is 510 g/mol. The minimum atomic E-state index is -1.65. The van der Waals surface area contributed by atoms with Crippen molar-refractivity contribution < 1.29 is 19.4 Å². The van der Waals surface area contributed by atoms with Crippen LogP contribution in [0, 0.1) is 17.2 Å². The molecule has 3 heterocycles. The predicted octanol–water partition coefficient (Wildman–Crippen LogP) is 2.88. The number of nitrogens with one attached hydrogen (secondary N) is 2. The second-order valence-corrected chi connectivity index (χ2v) is 10.7. The highest BCUT2D eigenvalue weighted by Crippen LogP contribution is 2.36. The number of aromatic nitrogens is 4. The van der Waals surface area contributed by atoms with Crippen molar-refractivity contribution in [3.63, 3.8) is 0 Å². The summed E-state index contributed by atoms with van der Waals surface area (Å²) in [6.45, 7) is 5.92. The molecule has 1 aliphatic carbocycles. The molecule has 0 saturated heterocycles. The summed E-state index contributed by atoms with van der Waals surface area (Å²) in [4.78, 5) is 21.8. The summed E-state index contributed by atoms with van der Waals surface area (Å²) in [5.74, 6) is -0.0213. The van der Waals surface area contributed by atoms with Gasteiger partial charge in [-0.25, -0.2) is 14.4 Å². The van der Waals surface area contributed by atoms with Crippen LogP contribution in [0.15, 0.2) is 30.7 Å². The van der Waals surface area contributed by atoms with Crippen LogP contribution in [0.3, 0.4) is 0 Å². The molecule has 1 saturated carbocycles. The summed E-state index contributed by atoms with van der Waals surface area (Å²) in [5.41, 5.74) is -0.784. The van der Waals surface area contributed by atoms with E-state index >= 15 is 0 Å². The normalized spacial score (nSPS) is 19.0. The Balaban J connectivity index is 1.65. The number of pyridine rings is 2.